The van der Waals surface area contributed by atoms with E-state index in [1.165, 1.54) is 43.8 Å². The van der Waals surface area contributed by atoms with E-state index in [0.29, 0.717) is 24.4 Å². The summed E-state index contributed by atoms with van der Waals surface area (Å²) in [4.78, 5) is 24.0. The van der Waals surface area contributed by atoms with Crippen molar-refractivity contribution >= 4 is 11.9 Å². The molecule has 2 saturated carbocycles. The number of carbonyl (C=O) groups is 2. The van der Waals surface area contributed by atoms with Gasteiger partial charge in [0, 0.05) is 30.1 Å². The van der Waals surface area contributed by atoms with Crippen LogP contribution in [0.1, 0.15) is 120 Å². The van der Waals surface area contributed by atoms with Crippen LogP contribution in [0.4, 0.5) is 0 Å². The average molecular weight is 527 g/mol. The van der Waals surface area contributed by atoms with E-state index in [2.05, 4.69) is 60.6 Å². The summed E-state index contributed by atoms with van der Waals surface area (Å²) in [5.41, 5.74) is 3.03. The Hall–Kier alpha value is -1.58. The standard InChI is InChI=1S/C34H54O4/c1-22(2)11-10-12-23(3)26-15-19-33(9)28-13-14-29-31(6,7)30(38-25(5)36)17-18-32(29,8)27(28)16-20-34(26,33)21-37-24(4)35/h13,16,22-23,26,29-30H,10-12,14-15,17-21H2,1-9H3/t23-,26-,29+,30?,32-,33+,34+/m1/s1. The van der Waals surface area contributed by atoms with Crippen molar-refractivity contribution in [2.24, 2.45) is 45.3 Å². The number of esters is 2. The molecule has 0 N–H and O–H groups in total. The lowest BCUT2D eigenvalue weighted by atomic mass is 9.44. The second kappa shape index (κ2) is 10.4. The smallest absolute Gasteiger partial charge is 0.302 e. The molecule has 0 saturated heterocycles. The van der Waals surface area contributed by atoms with Crippen LogP contribution >= 0.6 is 0 Å². The third-order valence-electron chi connectivity index (χ3n) is 11.9. The van der Waals surface area contributed by atoms with Crippen molar-refractivity contribution < 1.29 is 19.1 Å². The first-order chi connectivity index (χ1) is 17.7. The molecule has 2 fully saturated rings. The maximum atomic E-state index is 12.1. The lowest BCUT2D eigenvalue weighted by Gasteiger charge is -2.61. The van der Waals surface area contributed by atoms with Gasteiger partial charge in [-0.3, -0.25) is 9.59 Å². The first-order valence-corrected chi connectivity index (χ1v) is 15.4. The molecule has 214 valence electrons. The van der Waals surface area contributed by atoms with Crippen molar-refractivity contribution in [1.82, 2.24) is 0 Å². The fourth-order valence-corrected chi connectivity index (χ4v) is 9.72. The second-order valence-corrected chi connectivity index (χ2v) is 14.8. The Labute approximate surface area is 232 Å². The van der Waals surface area contributed by atoms with E-state index in [1.807, 2.05) is 0 Å². The minimum Gasteiger partial charge on any atom is -0.465 e. The molecule has 0 aromatic heterocycles. The van der Waals surface area contributed by atoms with Crippen molar-refractivity contribution in [1.29, 1.82) is 0 Å². The van der Waals surface area contributed by atoms with Crippen LogP contribution in [-0.4, -0.2) is 24.6 Å². The van der Waals surface area contributed by atoms with Crippen molar-refractivity contribution in [3.05, 3.63) is 23.3 Å². The molecule has 0 bridgehead atoms. The summed E-state index contributed by atoms with van der Waals surface area (Å²) in [6, 6.07) is 0. The monoisotopic (exact) mass is 526 g/mol. The summed E-state index contributed by atoms with van der Waals surface area (Å²) in [6.07, 6.45) is 15.2. The zero-order valence-electron chi connectivity index (χ0n) is 25.7. The molecule has 7 atom stereocenters. The summed E-state index contributed by atoms with van der Waals surface area (Å²) in [6.45, 7) is 20.3. The van der Waals surface area contributed by atoms with Gasteiger partial charge in [-0.05, 0) is 78.8 Å². The van der Waals surface area contributed by atoms with Gasteiger partial charge in [0.25, 0.3) is 0 Å². The molecule has 1 unspecified atom stereocenters. The Balaban J connectivity index is 1.70. The minimum absolute atomic E-state index is 0.00830. The molecule has 0 aromatic rings. The van der Waals surface area contributed by atoms with Crippen LogP contribution in [0.25, 0.3) is 0 Å². The van der Waals surface area contributed by atoms with E-state index >= 15 is 0 Å². The number of fused-ring (bicyclic) bond motifs is 5. The van der Waals surface area contributed by atoms with Gasteiger partial charge in [-0.15, -0.1) is 0 Å². The molecule has 38 heavy (non-hydrogen) atoms. The highest BCUT2D eigenvalue weighted by atomic mass is 16.5. The number of carbonyl (C=O) groups excluding carboxylic acids is 2. The molecule has 0 aromatic carbocycles. The van der Waals surface area contributed by atoms with Crippen LogP contribution in [0.5, 0.6) is 0 Å². The Morgan fingerprint density at radius 1 is 0.947 bits per heavy atom. The van der Waals surface area contributed by atoms with E-state index in [9.17, 15) is 9.59 Å². The van der Waals surface area contributed by atoms with Gasteiger partial charge >= 0.3 is 11.9 Å². The van der Waals surface area contributed by atoms with Crippen LogP contribution in [0.15, 0.2) is 23.3 Å². The third kappa shape index (κ3) is 4.70. The number of rotatable bonds is 8. The number of hydrogen-bond acceptors (Lipinski definition) is 4. The minimum atomic E-state index is -0.169. The van der Waals surface area contributed by atoms with E-state index in [0.717, 1.165) is 38.0 Å². The van der Waals surface area contributed by atoms with Gasteiger partial charge < -0.3 is 9.47 Å². The second-order valence-electron chi connectivity index (χ2n) is 14.8. The lowest BCUT2D eigenvalue weighted by Crippen LogP contribution is -2.56. The number of allylic oxidation sites excluding steroid dienone is 4. The highest BCUT2D eigenvalue weighted by Crippen LogP contribution is 2.72. The topological polar surface area (TPSA) is 52.6 Å². The van der Waals surface area contributed by atoms with Crippen molar-refractivity contribution in [2.75, 3.05) is 6.61 Å². The van der Waals surface area contributed by atoms with Crippen molar-refractivity contribution in [2.45, 2.75) is 126 Å². The van der Waals surface area contributed by atoms with Gasteiger partial charge in [0.1, 0.15) is 6.10 Å². The molecule has 4 heteroatoms. The molecular formula is C34H54O4. The van der Waals surface area contributed by atoms with Gasteiger partial charge in [0.15, 0.2) is 0 Å². The predicted octanol–water partition coefficient (Wildman–Crippen LogP) is 8.45. The zero-order chi connectivity index (χ0) is 28.1. The van der Waals surface area contributed by atoms with E-state index in [4.69, 9.17) is 9.47 Å². The lowest BCUT2D eigenvalue weighted by molar-refractivity contribution is -0.165. The van der Waals surface area contributed by atoms with Crippen LogP contribution in [0, 0.1) is 45.3 Å². The van der Waals surface area contributed by atoms with Gasteiger partial charge in [0.2, 0.25) is 0 Å². The molecule has 4 aliphatic carbocycles. The molecule has 0 aliphatic heterocycles. The Morgan fingerprint density at radius 3 is 2.29 bits per heavy atom. The summed E-state index contributed by atoms with van der Waals surface area (Å²) in [5.74, 6) is 2.01. The summed E-state index contributed by atoms with van der Waals surface area (Å²) in [7, 11) is 0. The van der Waals surface area contributed by atoms with Gasteiger partial charge in [-0.25, -0.2) is 0 Å². The normalized spacial score (nSPS) is 38.3. The Morgan fingerprint density at radius 2 is 1.66 bits per heavy atom. The van der Waals surface area contributed by atoms with Crippen molar-refractivity contribution in [3.8, 4) is 0 Å². The molecule has 0 heterocycles. The van der Waals surface area contributed by atoms with Crippen LogP contribution in [0.2, 0.25) is 0 Å². The zero-order valence-corrected chi connectivity index (χ0v) is 25.7. The highest BCUT2D eigenvalue weighted by molar-refractivity contribution is 5.66. The predicted molar refractivity (Wildman–Crippen MR) is 153 cm³/mol. The molecule has 4 aliphatic rings. The first-order valence-electron chi connectivity index (χ1n) is 15.4. The van der Waals surface area contributed by atoms with Crippen molar-refractivity contribution in [3.63, 3.8) is 0 Å². The van der Waals surface area contributed by atoms with E-state index < -0.39 is 0 Å². The maximum Gasteiger partial charge on any atom is 0.302 e. The van der Waals surface area contributed by atoms with Gasteiger partial charge in [-0.2, -0.15) is 0 Å². The molecule has 4 nitrogen and oxygen atoms in total. The molecule has 0 radical (unpaired) electrons. The Bertz CT molecular complexity index is 988. The fraction of sp³-hybridized carbons (Fsp3) is 0.824. The maximum absolute atomic E-state index is 12.1. The molecule has 0 spiro atoms. The Kier molecular flexibility index (Phi) is 8.07. The summed E-state index contributed by atoms with van der Waals surface area (Å²) < 4.78 is 11.8. The summed E-state index contributed by atoms with van der Waals surface area (Å²) in [5, 5.41) is 0. The molecular weight excluding hydrogens is 472 g/mol. The van der Waals surface area contributed by atoms with Crippen LogP contribution < -0.4 is 0 Å². The van der Waals surface area contributed by atoms with E-state index in [1.54, 1.807) is 6.92 Å². The third-order valence-corrected chi connectivity index (χ3v) is 11.9. The average Bonchev–Trinajstić information content (AvgIpc) is 3.12. The van der Waals surface area contributed by atoms with Crippen LogP contribution in [0.3, 0.4) is 0 Å². The highest BCUT2D eigenvalue weighted by Gasteiger charge is 2.65. The quantitative estimate of drug-likeness (QED) is 0.298. The molecule has 4 rings (SSSR count). The SMILES string of the molecule is CC(=O)OC[C@]12CC=C3C(=CC[C@H]4C(C)(C)C(OC(C)=O)CC[C@]34C)[C@]1(C)CC[C@@H]2[C@H](C)CCCC(C)C. The number of ether oxygens (including phenoxy) is 2. The largest absolute Gasteiger partial charge is 0.465 e. The van der Waals surface area contributed by atoms with Crippen LogP contribution in [-0.2, 0) is 19.1 Å². The molecule has 0 amide bonds. The van der Waals surface area contributed by atoms with Gasteiger partial charge in [0.05, 0.1) is 6.61 Å². The van der Waals surface area contributed by atoms with Gasteiger partial charge in [-0.1, -0.05) is 79.9 Å². The summed E-state index contributed by atoms with van der Waals surface area (Å²) >= 11 is 0. The van der Waals surface area contributed by atoms with E-state index in [-0.39, 0.29) is 39.7 Å². The first kappa shape index (κ1) is 29.4. The fourth-order valence-electron chi connectivity index (χ4n) is 9.72. The number of hydrogen-bond donors (Lipinski definition) is 0.